The SMILES string of the molecule is CCCCc1cc(NC(=O)Nc2ccc(OCc3ccnc(NC(=O)NC)c3)c(Cl)c2Cl)n(-c2ccc(C)cc2)n1. The maximum absolute atomic E-state index is 13.0. The molecule has 0 fully saturated rings. The molecule has 41 heavy (non-hydrogen) atoms. The average Bonchev–Trinajstić information content (AvgIpc) is 3.36. The lowest BCUT2D eigenvalue weighted by Gasteiger charge is -2.14. The van der Waals surface area contributed by atoms with E-state index < -0.39 is 6.03 Å². The molecular weight excluding hydrogens is 565 g/mol. The van der Waals surface area contributed by atoms with Crippen LogP contribution in [0.1, 0.15) is 36.6 Å². The third kappa shape index (κ3) is 7.90. The topological polar surface area (TPSA) is 122 Å². The molecule has 0 saturated heterocycles. The van der Waals surface area contributed by atoms with Crippen LogP contribution < -0.4 is 26.0 Å². The van der Waals surface area contributed by atoms with E-state index in [4.69, 9.17) is 33.0 Å². The molecule has 0 atom stereocenters. The number of ether oxygens (including phenoxy) is 1. The van der Waals surface area contributed by atoms with Gasteiger partial charge in [-0.2, -0.15) is 5.10 Å². The molecule has 2 aromatic carbocycles. The van der Waals surface area contributed by atoms with E-state index in [0.29, 0.717) is 23.1 Å². The van der Waals surface area contributed by atoms with Crippen LogP contribution in [-0.4, -0.2) is 33.9 Å². The minimum absolute atomic E-state index is 0.131. The van der Waals surface area contributed by atoms with Gasteiger partial charge in [0.15, 0.2) is 0 Å². The Kier molecular flexibility index (Phi) is 10.0. The Morgan fingerprint density at radius 1 is 0.951 bits per heavy atom. The number of urea groups is 2. The van der Waals surface area contributed by atoms with Gasteiger partial charge in [-0.25, -0.2) is 19.3 Å². The van der Waals surface area contributed by atoms with E-state index in [1.807, 2.05) is 37.3 Å². The Balaban J connectivity index is 1.44. The molecule has 0 aliphatic rings. The summed E-state index contributed by atoms with van der Waals surface area (Å²) >= 11 is 13.0. The predicted octanol–water partition coefficient (Wildman–Crippen LogP) is 7.20. The van der Waals surface area contributed by atoms with Gasteiger partial charge in [-0.1, -0.05) is 54.2 Å². The maximum Gasteiger partial charge on any atom is 0.324 e. The van der Waals surface area contributed by atoms with Crippen LogP contribution in [0.2, 0.25) is 10.0 Å². The van der Waals surface area contributed by atoms with Gasteiger partial charge >= 0.3 is 12.1 Å². The molecule has 0 aliphatic heterocycles. The molecule has 0 spiro atoms. The molecule has 2 heterocycles. The molecule has 4 amide bonds. The Morgan fingerprint density at radius 3 is 2.46 bits per heavy atom. The lowest BCUT2D eigenvalue weighted by molar-refractivity contribution is 0.253. The summed E-state index contributed by atoms with van der Waals surface area (Å²) in [5.41, 5.74) is 3.92. The second kappa shape index (κ2) is 13.9. The minimum atomic E-state index is -0.500. The number of hydrogen-bond acceptors (Lipinski definition) is 5. The van der Waals surface area contributed by atoms with Crippen molar-refractivity contribution in [1.29, 1.82) is 0 Å². The molecular formula is C29H31Cl2N7O3. The molecule has 214 valence electrons. The minimum Gasteiger partial charge on any atom is -0.487 e. The number of halogens is 2. The zero-order valence-corrected chi connectivity index (χ0v) is 24.4. The number of hydrogen-bond donors (Lipinski definition) is 4. The number of anilines is 3. The summed E-state index contributed by atoms with van der Waals surface area (Å²) in [7, 11) is 1.51. The van der Waals surface area contributed by atoms with Crippen LogP contribution in [0.25, 0.3) is 5.69 Å². The first-order valence-electron chi connectivity index (χ1n) is 13.1. The van der Waals surface area contributed by atoms with E-state index >= 15 is 0 Å². The number of pyridine rings is 1. The fraction of sp³-hybridized carbons (Fsp3) is 0.241. The highest BCUT2D eigenvalue weighted by molar-refractivity contribution is 6.45. The van der Waals surface area contributed by atoms with Crippen LogP contribution in [-0.2, 0) is 13.0 Å². The Hall–Kier alpha value is -4.28. The molecule has 0 aliphatic carbocycles. The lowest BCUT2D eigenvalue weighted by Crippen LogP contribution is -2.25. The van der Waals surface area contributed by atoms with Crippen molar-refractivity contribution >= 4 is 52.6 Å². The zero-order valence-electron chi connectivity index (χ0n) is 22.9. The standard InChI is InChI=1S/C29H31Cl2N7O3/c1-4-5-6-20-16-25(38(37-20)21-9-7-18(2)8-10-21)36-29(40)34-22-11-12-23(27(31)26(22)30)41-17-19-13-14-33-24(15-19)35-28(39)32-3/h7-16H,4-6,17H2,1-3H3,(H2,34,36,40)(H2,32,33,35,39). The van der Waals surface area contributed by atoms with Gasteiger partial charge in [0.2, 0.25) is 0 Å². The molecule has 4 rings (SSSR count). The van der Waals surface area contributed by atoms with Crippen molar-refractivity contribution in [3.8, 4) is 11.4 Å². The molecule has 0 radical (unpaired) electrons. The smallest absolute Gasteiger partial charge is 0.324 e. The summed E-state index contributed by atoms with van der Waals surface area (Å²) in [6.45, 7) is 4.29. The van der Waals surface area contributed by atoms with Gasteiger partial charge < -0.3 is 15.4 Å². The number of amides is 4. The first-order chi connectivity index (χ1) is 19.8. The fourth-order valence-corrected chi connectivity index (χ4v) is 4.29. The van der Waals surface area contributed by atoms with Gasteiger partial charge in [0, 0.05) is 19.3 Å². The van der Waals surface area contributed by atoms with Gasteiger partial charge in [-0.3, -0.25) is 10.6 Å². The summed E-state index contributed by atoms with van der Waals surface area (Å²) in [4.78, 5) is 28.6. The van der Waals surface area contributed by atoms with Gasteiger partial charge in [0.25, 0.3) is 0 Å². The van der Waals surface area contributed by atoms with Gasteiger partial charge in [0.05, 0.1) is 22.1 Å². The molecule has 0 unspecified atom stereocenters. The Morgan fingerprint density at radius 2 is 1.73 bits per heavy atom. The number of aromatic nitrogens is 3. The first-order valence-corrected chi connectivity index (χ1v) is 13.8. The van der Waals surface area contributed by atoms with Crippen LogP contribution >= 0.6 is 23.2 Å². The summed E-state index contributed by atoms with van der Waals surface area (Å²) < 4.78 is 7.55. The number of unbranched alkanes of at least 4 members (excludes halogenated alkanes) is 1. The molecule has 10 nitrogen and oxygen atoms in total. The highest BCUT2D eigenvalue weighted by atomic mass is 35.5. The van der Waals surface area contributed by atoms with E-state index in [1.165, 1.54) is 7.05 Å². The van der Waals surface area contributed by atoms with Crippen LogP contribution in [0.4, 0.5) is 26.9 Å². The predicted molar refractivity (Wildman–Crippen MR) is 163 cm³/mol. The average molecular weight is 597 g/mol. The number of carbonyl (C=O) groups is 2. The fourth-order valence-electron chi connectivity index (χ4n) is 3.86. The largest absolute Gasteiger partial charge is 0.487 e. The number of benzene rings is 2. The van der Waals surface area contributed by atoms with Crippen molar-refractivity contribution in [3.05, 3.63) is 87.7 Å². The number of aryl methyl sites for hydroxylation is 2. The second-order valence-electron chi connectivity index (χ2n) is 9.23. The van der Waals surface area contributed by atoms with Crippen LogP contribution in [0, 0.1) is 6.92 Å². The Bertz CT molecular complexity index is 1520. The second-order valence-corrected chi connectivity index (χ2v) is 9.99. The van der Waals surface area contributed by atoms with Crippen LogP contribution in [0.3, 0.4) is 0 Å². The van der Waals surface area contributed by atoms with E-state index in [-0.39, 0.29) is 22.7 Å². The molecule has 0 bridgehead atoms. The number of nitrogens with one attached hydrogen (secondary N) is 4. The van der Waals surface area contributed by atoms with E-state index in [0.717, 1.165) is 41.8 Å². The van der Waals surface area contributed by atoms with E-state index in [9.17, 15) is 9.59 Å². The van der Waals surface area contributed by atoms with E-state index in [2.05, 4.69) is 33.2 Å². The molecule has 12 heteroatoms. The van der Waals surface area contributed by atoms with Crippen molar-refractivity contribution in [2.24, 2.45) is 0 Å². The highest BCUT2D eigenvalue weighted by Gasteiger charge is 2.16. The summed E-state index contributed by atoms with van der Waals surface area (Å²) in [5.74, 6) is 1.24. The lowest BCUT2D eigenvalue weighted by atomic mass is 10.2. The third-order valence-corrected chi connectivity index (χ3v) is 6.91. The number of carbonyl (C=O) groups excluding carboxylic acids is 2. The van der Waals surface area contributed by atoms with Gasteiger partial charge in [-0.05, 0) is 61.7 Å². The molecule has 2 aromatic heterocycles. The summed E-state index contributed by atoms with van der Waals surface area (Å²) in [6.07, 6.45) is 4.40. The summed E-state index contributed by atoms with van der Waals surface area (Å²) in [5, 5.41) is 15.7. The van der Waals surface area contributed by atoms with Crippen molar-refractivity contribution in [1.82, 2.24) is 20.1 Å². The monoisotopic (exact) mass is 595 g/mol. The Labute approximate surface area is 248 Å². The van der Waals surface area contributed by atoms with Crippen LogP contribution in [0.5, 0.6) is 5.75 Å². The first kappa shape index (κ1) is 29.7. The van der Waals surface area contributed by atoms with E-state index in [1.54, 1.807) is 35.1 Å². The highest BCUT2D eigenvalue weighted by Crippen LogP contribution is 2.38. The molecule has 0 saturated carbocycles. The van der Waals surface area contributed by atoms with Crippen molar-refractivity contribution in [2.75, 3.05) is 23.0 Å². The van der Waals surface area contributed by atoms with Crippen molar-refractivity contribution in [2.45, 2.75) is 39.7 Å². The quantitative estimate of drug-likeness (QED) is 0.154. The van der Waals surface area contributed by atoms with Gasteiger partial charge in [0.1, 0.15) is 29.0 Å². The zero-order chi connectivity index (χ0) is 29.4. The van der Waals surface area contributed by atoms with Crippen molar-refractivity contribution < 1.29 is 14.3 Å². The van der Waals surface area contributed by atoms with Crippen molar-refractivity contribution in [3.63, 3.8) is 0 Å². The van der Waals surface area contributed by atoms with Gasteiger partial charge in [-0.15, -0.1) is 0 Å². The maximum atomic E-state index is 13.0. The number of nitrogens with zero attached hydrogens (tertiary/aromatic N) is 3. The normalized spacial score (nSPS) is 10.7. The summed E-state index contributed by atoms with van der Waals surface area (Å²) in [6, 6.07) is 15.5. The molecule has 4 aromatic rings. The molecule has 4 N–H and O–H groups in total. The number of rotatable bonds is 10. The van der Waals surface area contributed by atoms with Crippen LogP contribution in [0.15, 0.2) is 60.8 Å². The third-order valence-electron chi connectivity index (χ3n) is 6.05.